The van der Waals surface area contributed by atoms with Gasteiger partial charge in [-0.1, -0.05) is 64.2 Å². The summed E-state index contributed by atoms with van der Waals surface area (Å²) in [6, 6.07) is 8.96. The van der Waals surface area contributed by atoms with Crippen molar-refractivity contribution in [3.8, 4) is 0 Å². The van der Waals surface area contributed by atoms with Gasteiger partial charge in [0.05, 0.1) is 0 Å². The molecule has 0 aliphatic heterocycles. The second kappa shape index (κ2) is 9.59. The highest BCUT2D eigenvalue weighted by Gasteiger charge is 2.31. The number of rotatable bonds is 6. The number of carbonyl (C=O) groups is 2. The SMILES string of the molecule is CC[C@H](C)[C@H](NC(=O)c1ccccc1)C(=O)N(C)C1CCCCCC1. The van der Waals surface area contributed by atoms with Crippen molar-refractivity contribution >= 4 is 11.8 Å². The zero-order valence-corrected chi connectivity index (χ0v) is 15.8. The summed E-state index contributed by atoms with van der Waals surface area (Å²) in [4.78, 5) is 27.6. The average Bonchev–Trinajstić information content (AvgIpc) is 2.94. The molecule has 1 fully saturated rings. The number of hydrogen-bond donors (Lipinski definition) is 1. The minimum atomic E-state index is -0.467. The van der Waals surface area contributed by atoms with Crippen LogP contribution in [0.25, 0.3) is 0 Å². The van der Waals surface area contributed by atoms with Gasteiger partial charge in [0.25, 0.3) is 5.91 Å². The van der Waals surface area contributed by atoms with E-state index in [4.69, 9.17) is 0 Å². The summed E-state index contributed by atoms with van der Waals surface area (Å²) in [5.74, 6) is -0.0209. The van der Waals surface area contributed by atoms with Crippen LogP contribution in [0.5, 0.6) is 0 Å². The largest absolute Gasteiger partial charge is 0.341 e. The number of nitrogens with zero attached hydrogens (tertiary/aromatic N) is 1. The summed E-state index contributed by atoms with van der Waals surface area (Å²) in [5, 5.41) is 2.99. The van der Waals surface area contributed by atoms with Gasteiger partial charge in [-0.2, -0.15) is 0 Å². The highest BCUT2D eigenvalue weighted by Crippen LogP contribution is 2.23. The number of carbonyl (C=O) groups excluding carboxylic acids is 2. The van der Waals surface area contributed by atoms with Gasteiger partial charge in [-0.3, -0.25) is 9.59 Å². The van der Waals surface area contributed by atoms with E-state index in [-0.39, 0.29) is 17.7 Å². The predicted molar refractivity (Wildman–Crippen MR) is 101 cm³/mol. The molecule has 138 valence electrons. The fraction of sp³-hybridized carbons (Fsp3) is 0.619. The molecular formula is C21H32N2O2. The summed E-state index contributed by atoms with van der Waals surface area (Å²) in [7, 11) is 1.91. The highest BCUT2D eigenvalue weighted by atomic mass is 16.2. The second-order valence-electron chi connectivity index (χ2n) is 7.30. The molecule has 0 saturated heterocycles. The topological polar surface area (TPSA) is 49.4 Å². The Morgan fingerprint density at radius 2 is 1.72 bits per heavy atom. The Morgan fingerprint density at radius 1 is 1.12 bits per heavy atom. The molecule has 1 aromatic carbocycles. The minimum Gasteiger partial charge on any atom is -0.341 e. The molecule has 2 rings (SSSR count). The van der Waals surface area contributed by atoms with E-state index in [2.05, 4.69) is 12.2 Å². The zero-order chi connectivity index (χ0) is 18.2. The summed E-state index contributed by atoms with van der Waals surface area (Å²) in [6.45, 7) is 4.10. The Bertz CT molecular complexity index is 550. The Morgan fingerprint density at radius 3 is 2.28 bits per heavy atom. The molecule has 2 atom stereocenters. The van der Waals surface area contributed by atoms with Crippen LogP contribution in [0.4, 0.5) is 0 Å². The molecule has 1 N–H and O–H groups in total. The van der Waals surface area contributed by atoms with Crippen LogP contribution in [0.3, 0.4) is 0 Å². The molecule has 0 bridgehead atoms. The molecular weight excluding hydrogens is 312 g/mol. The summed E-state index contributed by atoms with van der Waals surface area (Å²) >= 11 is 0. The van der Waals surface area contributed by atoms with E-state index >= 15 is 0 Å². The van der Waals surface area contributed by atoms with Crippen LogP contribution in [0.2, 0.25) is 0 Å². The van der Waals surface area contributed by atoms with Crippen molar-refractivity contribution in [3.05, 3.63) is 35.9 Å². The molecule has 4 nitrogen and oxygen atoms in total. The van der Waals surface area contributed by atoms with E-state index in [0.717, 1.165) is 19.3 Å². The molecule has 1 aromatic rings. The van der Waals surface area contributed by atoms with Crippen LogP contribution >= 0.6 is 0 Å². The lowest BCUT2D eigenvalue weighted by Crippen LogP contribution is -2.53. The minimum absolute atomic E-state index is 0.0468. The van der Waals surface area contributed by atoms with Crippen LogP contribution in [0, 0.1) is 5.92 Å². The Labute approximate surface area is 152 Å². The standard InChI is InChI=1S/C21H32N2O2/c1-4-16(2)19(22-20(24)17-12-8-7-9-13-17)21(25)23(3)18-14-10-5-6-11-15-18/h7-9,12-13,16,18-19H,4-6,10-11,14-15H2,1-3H3,(H,22,24)/t16-,19-/m0/s1. The summed E-state index contributed by atoms with van der Waals surface area (Å²) < 4.78 is 0. The molecule has 2 amide bonds. The van der Waals surface area contributed by atoms with E-state index in [1.54, 1.807) is 12.1 Å². The van der Waals surface area contributed by atoms with E-state index in [9.17, 15) is 9.59 Å². The fourth-order valence-electron chi connectivity index (χ4n) is 3.54. The molecule has 1 saturated carbocycles. The van der Waals surface area contributed by atoms with E-state index in [1.165, 1.54) is 25.7 Å². The Balaban J connectivity index is 2.09. The van der Waals surface area contributed by atoms with E-state index in [0.29, 0.717) is 11.6 Å². The quantitative estimate of drug-likeness (QED) is 0.793. The molecule has 0 spiro atoms. The number of hydrogen-bond acceptors (Lipinski definition) is 2. The first-order valence-electron chi connectivity index (χ1n) is 9.67. The maximum atomic E-state index is 13.1. The van der Waals surface area contributed by atoms with E-state index < -0.39 is 6.04 Å². The van der Waals surface area contributed by atoms with Crippen molar-refractivity contribution in [2.24, 2.45) is 5.92 Å². The molecule has 0 heterocycles. The molecule has 4 heteroatoms. The van der Waals surface area contributed by atoms with Gasteiger partial charge < -0.3 is 10.2 Å². The normalized spacial score (nSPS) is 18.0. The molecule has 1 aliphatic carbocycles. The van der Waals surface area contributed by atoms with Crippen molar-refractivity contribution in [2.75, 3.05) is 7.05 Å². The molecule has 1 aliphatic rings. The highest BCUT2D eigenvalue weighted by molar-refractivity contribution is 5.97. The van der Waals surface area contributed by atoms with Gasteiger partial charge in [0, 0.05) is 18.7 Å². The van der Waals surface area contributed by atoms with Crippen molar-refractivity contribution in [2.45, 2.75) is 70.9 Å². The van der Waals surface area contributed by atoms with Gasteiger partial charge in [0.1, 0.15) is 6.04 Å². The second-order valence-corrected chi connectivity index (χ2v) is 7.30. The van der Waals surface area contributed by atoms with Crippen LogP contribution in [-0.2, 0) is 4.79 Å². The lowest BCUT2D eigenvalue weighted by atomic mass is 9.96. The summed E-state index contributed by atoms with van der Waals surface area (Å²) in [6.07, 6.45) is 7.89. The monoisotopic (exact) mass is 344 g/mol. The third-order valence-electron chi connectivity index (χ3n) is 5.52. The van der Waals surface area contributed by atoms with Crippen molar-refractivity contribution < 1.29 is 9.59 Å². The third kappa shape index (κ3) is 5.32. The Hall–Kier alpha value is -1.84. The molecule has 0 unspecified atom stereocenters. The first-order chi connectivity index (χ1) is 12.0. The average molecular weight is 344 g/mol. The number of likely N-dealkylation sites (N-methyl/N-ethyl adjacent to an activating group) is 1. The van der Waals surface area contributed by atoms with Crippen LogP contribution in [0.15, 0.2) is 30.3 Å². The van der Waals surface area contributed by atoms with Crippen molar-refractivity contribution in [1.82, 2.24) is 10.2 Å². The molecule has 25 heavy (non-hydrogen) atoms. The first-order valence-corrected chi connectivity index (χ1v) is 9.67. The van der Waals surface area contributed by atoms with Gasteiger partial charge in [-0.25, -0.2) is 0 Å². The smallest absolute Gasteiger partial charge is 0.251 e. The zero-order valence-electron chi connectivity index (χ0n) is 15.8. The first kappa shape index (κ1) is 19.5. The number of nitrogens with one attached hydrogen (secondary N) is 1. The van der Waals surface area contributed by atoms with Crippen molar-refractivity contribution in [1.29, 1.82) is 0 Å². The maximum absolute atomic E-state index is 13.1. The van der Waals surface area contributed by atoms with Gasteiger partial charge in [-0.05, 0) is 30.9 Å². The number of benzene rings is 1. The maximum Gasteiger partial charge on any atom is 0.251 e. The fourth-order valence-corrected chi connectivity index (χ4v) is 3.54. The summed E-state index contributed by atoms with van der Waals surface area (Å²) in [5.41, 5.74) is 0.598. The lowest BCUT2D eigenvalue weighted by Gasteiger charge is -2.33. The van der Waals surface area contributed by atoms with Gasteiger partial charge >= 0.3 is 0 Å². The van der Waals surface area contributed by atoms with Gasteiger partial charge in [0.2, 0.25) is 5.91 Å². The third-order valence-corrected chi connectivity index (χ3v) is 5.52. The van der Waals surface area contributed by atoms with Crippen LogP contribution < -0.4 is 5.32 Å². The Kier molecular flexibility index (Phi) is 7.48. The molecule has 0 aromatic heterocycles. The lowest BCUT2D eigenvalue weighted by molar-refractivity contribution is -0.135. The van der Waals surface area contributed by atoms with Crippen LogP contribution in [-0.4, -0.2) is 35.8 Å². The van der Waals surface area contributed by atoms with Gasteiger partial charge in [-0.15, -0.1) is 0 Å². The van der Waals surface area contributed by atoms with Crippen molar-refractivity contribution in [3.63, 3.8) is 0 Å². The number of amides is 2. The predicted octanol–water partition coefficient (Wildman–Crippen LogP) is 4.01. The van der Waals surface area contributed by atoms with Gasteiger partial charge in [0.15, 0.2) is 0 Å². The van der Waals surface area contributed by atoms with Crippen LogP contribution in [0.1, 0.15) is 69.2 Å². The van der Waals surface area contributed by atoms with E-state index in [1.807, 2.05) is 37.1 Å². The molecule has 0 radical (unpaired) electrons.